The molecule has 1 aliphatic carbocycles. The van der Waals surface area contributed by atoms with Gasteiger partial charge in [-0.25, -0.2) is 0 Å². The first kappa shape index (κ1) is 19.7. The smallest absolute Gasteiger partial charge is 0.308 e. The van der Waals surface area contributed by atoms with Gasteiger partial charge in [0.1, 0.15) is 0 Å². The Morgan fingerprint density at radius 1 is 1.44 bits per heavy atom. The van der Waals surface area contributed by atoms with Crippen LogP contribution in [0, 0.1) is 11.8 Å². The van der Waals surface area contributed by atoms with Gasteiger partial charge in [0.15, 0.2) is 0 Å². The van der Waals surface area contributed by atoms with Gasteiger partial charge in [-0.05, 0) is 43.4 Å². The maximum atomic E-state index is 12.9. The molecule has 0 saturated heterocycles. The summed E-state index contributed by atoms with van der Waals surface area (Å²) in [6.45, 7) is 5.53. The van der Waals surface area contributed by atoms with Crippen molar-refractivity contribution in [3.8, 4) is 0 Å². The molecule has 1 aromatic carbocycles. The number of carboxylic acids is 1. The SMILES string of the molecule is CCOCCCN(CC(C)C(=O)O)C(=O)C1CC1c1cccc(Cl)c1. The first-order valence-corrected chi connectivity index (χ1v) is 9.16. The van der Waals surface area contributed by atoms with Crippen LogP contribution < -0.4 is 0 Å². The zero-order chi connectivity index (χ0) is 18.4. The molecule has 0 spiro atoms. The number of aliphatic carboxylic acids is 1. The molecule has 138 valence electrons. The second kappa shape index (κ2) is 9.20. The Morgan fingerprint density at radius 3 is 2.84 bits per heavy atom. The standard InChI is InChI=1S/C19H26ClNO4/c1-3-25-9-5-8-21(12-13(2)19(23)24)18(22)17-11-16(17)14-6-4-7-15(20)10-14/h4,6-7,10,13,16-17H,3,5,8-9,11-12H2,1-2H3,(H,23,24). The molecule has 0 aromatic heterocycles. The van der Waals surface area contributed by atoms with E-state index in [9.17, 15) is 9.59 Å². The van der Waals surface area contributed by atoms with E-state index in [1.54, 1.807) is 11.8 Å². The topological polar surface area (TPSA) is 66.8 Å². The van der Waals surface area contributed by atoms with E-state index in [4.69, 9.17) is 21.4 Å². The van der Waals surface area contributed by atoms with Crippen molar-refractivity contribution in [2.75, 3.05) is 26.3 Å². The number of carbonyl (C=O) groups excluding carboxylic acids is 1. The van der Waals surface area contributed by atoms with Gasteiger partial charge in [0, 0.05) is 37.2 Å². The van der Waals surface area contributed by atoms with Crippen LogP contribution in [-0.2, 0) is 14.3 Å². The van der Waals surface area contributed by atoms with Crippen molar-refractivity contribution in [2.45, 2.75) is 32.6 Å². The lowest BCUT2D eigenvalue weighted by molar-refractivity contribution is -0.143. The lowest BCUT2D eigenvalue weighted by Gasteiger charge is -2.25. The summed E-state index contributed by atoms with van der Waals surface area (Å²) in [5, 5.41) is 9.83. The van der Waals surface area contributed by atoms with Crippen LogP contribution in [0.4, 0.5) is 0 Å². The maximum absolute atomic E-state index is 12.9. The molecule has 1 amide bonds. The summed E-state index contributed by atoms with van der Waals surface area (Å²) >= 11 is 6.03. The molecule has 0 aliphatic heterocycles. The minimum atomic E-state index is -0.884. The molecular formula is C19H26ClNO4. The Bertz CT molecular complexity index is 607. The number of ether oxygens (including phenoxy) is 1. The van der Waals surface area contributed by atoms with Crippen LogP contribution in [0.15, 0.2) is 24.3 Å². The largest absolute Gasteiger partial charge is 0.481 e. The van der Waals surface area contributed by atoms with Crippen molar-refractivity contribution in [1.29, 1.82) is 0 Å². The molecule has 1 fully saturated rings. The summed E-state index contributed by atoms with van der Waals surface area (Å²) in [4.78, 5) is 25.7. The van der Waals surface area contributed by atoms with Crippen molar-refractivity contribution in [1.82, 2.24) is 4.90 Å². The zero-order valence-electron chi connectivity index (χ0n) is 14.8. The minimum absolute atomic E-state index is 0.0366. The summed E-state index contributed by atoms with van der Waals surface area (Å²) in [5.41, 5.74) is 1.08. The summed E-state index contributed by atoms with van der Waals surface area (Å²) in [6.07, 6.45) is 1.50. The molecule has 3 unspecified atom stereocenters. The van der Waals surface area contributed by atoms with Gasteiger partial charge >= 0.3 is 5.97 Å². The molecule has 6 heteroatoms. The molecule has 3 atom stereocenters. The Hall–Kier alpha value is -1.59. The van der Waals surface area contributed by atoms with Crippen LogP contribution in [0.5, 0.6) is 0 Å². The van der Waals surface area contributed by atoms with Crippen LogP contribution in [0.3, 0.4) is 0 Å². The van der Waals surface area contributed by atoms with Gasteiger partial charge in [-0.2, -0.15) is 0 Å². The molecule has 1 aromatic rings. The molecule has 0 radical (unpaired) electrons. The van der Waals surface area contributed by atoms with Gasteiger partial charge in [0.25, 0.3) is 0 Å². The normalized spacial score (nSPS) is 20.1. The Balaban J connectivity index is 1.98. The van der Waals surface area contributed by atoms with Crippen LogP contribution in [0.2, 0.25) is 5.02 Å². The Morgan fingerprint density at radius 2 is 2.20 bits per heavy atom. The van der Waals surface area contributed by atoms with Crippen LogP contribution in [0.25, 0.3) is 0 Å². The summed E-state index contributed by atoms with van der Waals surface area (Å²) < 4.78 is 5.33. The lowest BCUT2D eigenvalue weighted by atomic mass is 10.1. The van der Waals surface area contributed by atoms with Crippen molar-refractivity contribution in [3.05, 3.63) is 34.9 Å². The van der Waals surface area contributed by atoms with Gasteiger partial charge in [0.2, 0.25) is 5.91 Å². The number of carbonyl (C=O) groups is 2. The molecule has 1 aliphatic rings. The number of carboxylic acid groups (broad SMARTS) is 1. The maximum Gasteiger partial charge on any atom is 0.308 e. The van der Waals surface area contributed by atoms with Crippen LogP contribution in [-0.4, -0.2) is 48.2 Å². The van der Waals surface area contributed by atoms with E-state index in [1.807, 2.05) is 31.2 Å². The highest BCUT2D eigenvalue weighted by molar-refractivity contribution is 6.30. The Labute approximate surface area is 153 Å². The van der Waals surface area contributed by atoms with E-state index in [1.165, 1.54) is 0 Å². The lowest BCUT2D eigenvalue weighted by Crippen LogP contribution is -2.39. The fraction of sp³-hybridized carbons (Fsp3) is 0.579. The third kappa shape index (κ3) is 5.72. The van der Waals surface area contributed by atoms with Crippen molar-refractivity contribution < 1.29 is 19.4 Å². The molecule has 0 bridgehead atoms. The molecule has 1 N–H and O–H groups in total. The summed E-state index contributed by atoms with van der Waals surface area (Å²) in [6, 6.07) is 7.60. The predicted molar refractivity (Wildman–Crippen MR) is 96.8 cm³/mol. The van der Waals surface area contributed by atoms with Gasteiger partial charge in [-0.15, -0.1) is 0 Å². The number of amides is 1. The number of rotatable bonds is 10. The highest BCUT2D eigenvalue weighted by atomic mass is 35.5. The third-order valence-electron chi connectivity index (χ3n) is 4.53. The average Bonchev–Trinajstić information content (AvgIpc) is 3.37. The molecule has 5 nitrogen and oxygen atoms in total. The van der Waals surface area contributed by atoms with Gasteiger partial charge in [-0.3, -0.25) is 9.59 Å². The molecule has 25 heavy (non-hydrogen) atoms. The number of nitrogens with zero attached hydrogens (tertiary/aromatic N) is 1. The monoisotopic (exact) mass is 367 g/mol. The first-order valence-electron chi connectivity index (χ1n) is 8.78. The minimum Gasteiger partial charge on any atom is -0.481 e. The van der Waals surface area contributed by atoms with Gasteiger partial charge in [-0.1, -0.05) is 30.7 Å². The number of benzene rings is 1. The second-order valence-electron chi connectivity index (χ2n) is 6.58. The number of hydrogen-bond acceptors (Lipinski definition) is 3. The molecule has 1 saturated carbocycles. The van der Waals surface area contributed by atoms with Crippen LogP contribution >= 0.6 is 11.6 Å². The molecule has 2 rings (SSSR count). The van der Waals surface area contributed by atoms with E-state index in [0.717, 1.165) is 12.0 Å². The van der Waals surface area contributed by atoms with Crippen molar-refractivity contribution in [3.63, 3.8) is 0 Å². The van der Waals surface area contributed by atoms with Gasteiger partial charge < -0.3 is 14.7 Å². The van der Waals surface area contributed by atoms with Gasteiger partial charge in [0.05, 0.1) is 5.92 Å². The van der Waals surface area contributed by atoms with E-state index < -0.39 is 11.9 Å². The van der Waals surface area contributed by atoms with E-state index in [-0.39, 0.29) is 24.3 Å². The fourth-order valence-electron chi connectivity index (χ4n) is 3.01. The van der Waals surface area contributed by atoms with Crippen LogP contribution in [0.1, 0.15) is 38.2 Å². The van der Waals surface area contributed by atoms with E-state index in [2.05, 4.69) is 0 Å². The zero-order valence-corrected chi connectivity index (χ0v) is 15.5. The average molecular weight is 368 g/mol. The summed E-state index contributed by atoms with van der Waals surface area (Å²) in [7, 11) is 0. The predicted octanol–water partition coefficient (Wildman–Crippen LogP) is 3.42. The van der Waals surface area contributed by atoms with E-state index in [0.29, 0.717) is 31.2 Å². The number of hydrogen-bond donors (Lipinski definition) is 1. The highest BCUT2D eigenvalue weighted by Crippen LogP contribution is 2.48. The van der Waals surface area contributed by atoms with Crippen molar-refractivity contribution >= 4 is 23.5 Å². The summed E-state index contributed by atoms with van der Waals surface area (Å²) in [5.74, 6) is -1.33. The number of halogens is 1. The third-order valence-corrected chi connectivity index (χ3v) is 4.77. The quantitative estimate of drug-likeness (QED) is 0.643. The second-order valence-corrected chi connectivity index (χ2v) is 7.01. The van der Waals surface area contributed by atoms with E-state index >= 15 is 0 Å². The molecule has 0 heterocycles. The highest BCUT2D eigenvalue weighted by Gasteiger charge is 2.46. The fourth-order valence-corrected chi connectivity index (χ4v) is 3.21. The Kier molecular flexibility index (Phi) is 7.26. The molecular weight excluding hydrogens is 342 g/mol. The van der Waals surface area contributed by atoms with Crippen molar-refractivity contribution in [2.24, 2.45) is 11.8 Å². The first-order chi connectivity index (χ1) is 11.9.